The van der Waals surface area contributed by atoms with Gasteiger partial charge in [0, 0.05) is 37.3 Å². The van der Waals surface area contributed by atoms with Crippen molar-refractivity contribution < 1.29 is 24.5 Å². The predicted octanol–water partition coefficient (Wildman–Crippen LogP) is 0.366. The van der Waals surface area contributed by atoms with E-state index in [9.17, 15) is 9.59 Å². The minimum Gasteiger partial charge on any atom is -0.368 e. The van der Waals surface area contributed by atoms with Gasteiger partial charge < -0.3 is 25.2 Å². The highest BCUT2D eigenvalue weighted by Crippen LogP contribution is 2.55. The summed E-state index contributed by atoms with van der Waals surface area (Å²) in [6, 6.07) is 1.32. The van der Waals surface area contributed by atoms with Crippen LogP contribution in [0, 0.1) is 29.6 Å². The molecule has 5 aliphatic rings. The van der Waals surface area contributed by atoms with E-state index in [2.05, 4.69) is 43.1 Å². The minimum absolute atomic E-state index is 0.00428. The van der Waals surface area contributed by atoms with Crippen molar-refractivity contribution in [1.82, 2.24) is 10.2 Å². The Morgan fingerprint density at radius 3 is 2.75 bits per heavy atom. The Kier molecular flexibility index (Phi) is 8.09. The van der Waals surface area contributed by atoms with Crippen LogP contribution in [0.25, 0.3) is 0 Å². The van der Waals surface area contributed by atoms with Gasteiger partial charge in [0.1, 0.15) is 12.6 Å². The first-order chi connectivity index (χ1) is 17.4. The Morgan fingerprint density at radius 2 is 1.97 bits per heavy atom. The van der Waals surface area contributed by atoms with Gasteiger partial charge in [0.15, 0.2) is 0 Å². The number of rotatable bonds is 9. The molecule has 3 aliphatic heterocycles. The van der Waals surface area contributed by atoms with E-state index in [1.165, 1.54) is 42.7 Å². The third kappa shape index (κ3) is 5.00. The molecule has 3 saturated heterocycles. The number of nitrogens with zero attached hydrogens (tertiary/aromatic N) is 1. The second-order valence-electron chi connectivity index (χ2n) is 12.9. The second kappa shape index (κ2) is 11.1. The summed E-state index contributed by atoms with van der Waals surface area (Å²) in [5.41, 5.74) is 1.19. The van der Waals surface area contributed by atoms with E-state index in [-0.39, 0.29) is 24.5 Å². The molecule has 0 bridgehead atoms. The van der Waals surface area contributed by atoms with Gasteiger partial charge in [0.2, 0.25) is 11.8 Å². The number of piperidine rings is 2. The van der Waals surface area contributed by atoms with Gasteiger partial charge in [-0.3, -0.25) is 9.59 Å². The van der Waals surface area contributed by atoms with Gasteiger partial charge in [-0.25, -0.2) is 0 Å². The predicted molar refractivity (Wildman–Crippen MR) is 139 cm³/mol. The first-order valence-electron chi connectivity index (χ1n) is 14.8. The van der Waals surface area contributed by atoms with E-state index in [1.807, 2.05) is 0 Å². The maximum absolute atomic E-state index is 13.9. The number of carbonyl (C=O) groups is 2. The fraction of sp³-hybridized carbons (Fsp3) is 0.862. The zero-order valence-corrected chi connectivity index (χ0v) is 22.8. The van der Waals surface area contributed by atoms with E-state index in [0.717, 1.165) is 38.6 Å². The van der Waals surface area contributed by atoms with E-state index in [1.54, 1.807) is 0 Å². The number of carbonyl (C=O) groups excluding carboxylic acids is 2. The quantitative estimate of drug-likeness (QED) is 0.315. The number of nitrogens with one attached hydrogen (secondary N) is 2. The lowest BCUT2D eigenvalue weighted by molar-refractivity contribution is -0.858. The van der Waals surface area contributed by atoms with Gasteiger partial charge >= 0.3 is 0 Å². The first kappa shape index (κ1) is 26.2. The van der Waals surface area contributed by atoms with Crippen LogP contribution in [0.4, 0.5) is 0 Å². The van der Waals surface area contributed by atoms with Crippen LogP contribution in [-0.2, 0) is 14.3 Å². The molecule has 2 aliphatic carbocycles. The Hall–Kier alpha value is -1.44. The standard InChI is InChI=1S/C29H48N4O3/c1-18(2)16-22-24(36-17-25(34)30-13-7-15-32(3)4)11-10-23-26(22)21-12-14-31-27-19-8-5-6-9-20(19)29(35)33(23)28(21)27/h19-24,26-28,31H,1,5-17H2,2-4H3,(H,30,34)/p+2. The molecule has 3 heterocycles. The number of hydrogen-bond acceptors (Lipinski definition) is 3. The molecule has 0 spiro atoms. The van der Waals surface area contributed by atoms with Crippen LogP contribution in [0.5, 0.6) is 0 Å². The number of amides is 2. The highest BCUT2D eigenvalue weighted by molar-refractivity contribution is 5.82. The number of allylic oxidation sites excluding steroid dienone is 1. The molecule has 36 heavy (non-hydrogen) atoms. The normalized spacial score (nSPS) is 39.4. The van der Waals surface area contributed by atoms with Crippen molar-refractivity contribution in [3.63, 3.8) is 0 Å². The molecule has 9 atom stereocenters. The lowest BCUT2D eigenvalue weighted by atomic mass is 9.63. The summed E-state index contributed by atoms with van der Waals surface area (Å²) in [6.07, 6.45) is 9.94. The Balaban J connectivity index is 1.30. The van der Waals surface area contributed by atoms with Crippen LogP contribution in [0.2, 0.25) is 0 Å². The third-order valence-corrected chi connectivity index (χ3v) is 10.2. The number of nitrogens with two attached hydrogens (primary N) is 1. The molecule has 4 N–H and O–H groups in total. The minimum atomic E-state index is -0.00428. The maximum atomic E-state index is 13.9. The molecule has 202 valence electrons. The van der Waals surface area contributed by atoms with Gasteiger partial charge in [-0.05, 0) is 56.8 Å². The Labute approximate surface area is 217 Å². The van der Waals surface area contributed by atoms with Gasteiger partial charge in [0.25, 0.3) is 0 Å². The molecule has 5 fully saturated rings. The monoisotopic (exact) mass is 502 g/mol. The van der Waals surface area contributed by atoms with E-state index >= 15 is 0 Å². The van der Waals surface area contributed by atoms with Crippen molar-refractivity contribution in [2.24, 2.45) is 29.6 Å². The molecule has 9 unspecified atom stereocenters. The van der Waals surface area contributed by atoms with Crippen molar-refractivity contribution >= 4 is 11.8 Å². The summed E-state index contributed by atoms with van der Waals surface area (Å²) >= 11 is 0. The van der Waals surface area contributed by atoms with Crippen molar-refractivity contribution in [3.8, 4) is 0 Å². The van der Waals surface area contributed by atoms with Gasteiger partial charge in [-0.15, -0.1) is 6.58 Å². The molecule has 0 radical (unpaired) electrons. The topological polar surface area (TPSA) is 79.7 Å². The third-order valence-electron chi connectivity index (χ3n) is 10.2. The van der Waals surface area contributed by atoms with Crippen molar-refractivity contribution in [1.29, 1.82) is 0 Å². The summed E-state index contributed by atoms with van der Waals surface area (Å²) in [4.78, 5) is 30.3. The first-order valence-corrected chi connectivity index (χ1v) is 14.8. The molecular formula is C29H50N4O3+2. The number of hydrogen-bond donors (Lipinski definition) is 3. The lowest BCUT2D eigenvalue weighted by Gasteiger charge is -2.50. The SMILES string of the molecule is C=C(C)CC1C(OCC(=O)NCCC[NH+](C)C)CCC2C1C1CC[NH2+]C3C4CCCCC4C(=O)N2C13. The van der Waals surface area contributed by atoms with Crippen LogP contribution < -0.4 is 15.5 Å². The molecule has 2 saturated carbocycles. The van der Waals surface area contributed by atoms with E-state index < -0.39 is 0 Å². The van der Waals surface area contributed by atoms with Crippen LogP contribution in [0.3, 0.4) is 0 Å². The van der Waals surface area contributed by atoms with E-state index in [0.29, 0.717) is 54.2 Å². The second-order valence-corrected chi connectivity index (χ2v) is 12.9. The summed E-state index contributed by atoms with van der Waals surface area (Å²) in [5.74, 6) is 2.67. The lowest BCUT2D eigenvalue weighted by Crippen LogP contribution is -3.05. The van der Waals surface area contributed by atoms with Crippen LogP contribution in [0.15, 0.2) is 12.2 Å². The summed E-state index contributed by atoms with van der Waals surface area (Å²) in [6.45, 7) is 9.48. The molecular weight excluding hydrogens is 452 g/mol. The zero-order chi connectivity index (χ0) is 25.4. The summed E-state index contributed by atoms with van der Waals surface area (Å²) in [7, 11) is 4.26. The van der Waals surface area contributed by atoms with Gasteiger partial charge in [-0.1, -0.05) is 18.4 Å². The molecule has 2 amide bonds. The number of quaternary nitrogens is 2. The fourth-order valence-electron chi connectivity index (χ4n) is 8.95. The Bertz CT molecular complexity index is 831. The van der Waals surface area contributed by atoms with Crippen molar-refractivity contribution in [2.75, 3.05) is 40.3 Å². The molecule has 0 aromatic heterocycles. The fourth-order valence-corrected chi connectivity index (χ4v) is 8.95. The molecule has 0 aromatic rings. The van der Waals surface area contributed by atoms with E-state index in [4.69, 9.17) is 4.74 Å². The molecule has 5 rings (SSSR count). The summed E-state index contributed by atoms with van der Waals surface area (Å²) < 4.78 is 6.39. The van der Waals surface area contributed by atoms with Gasteiger partial charge in [-0.2, -0.15) is 0 Å². The largest absolute Gasteiger partial charge is 0.368 e. The average Bonchev–Trinajstić information content (AvgIpc) is 3.20. The van der Waals surface area contributed by atoms with Crippen LogP contribution in [0.1, 0.15) is 64.7 Å². The molecule has 7 nitrogen and oxygen atoms in total. The Morgan fingerprint density at radius 1 is 1.17 bits per heavy atom. The van der Waals surface area contributed by atoms with Crippen molar-refractivity contribution in [3.05, 3.63) is 12.2 Å². The molecule has 7 heteroatoms. The maximum Gasteiger partial charge on any atom is 0.246 e. The number of ether oxygens (including phenoxy) is 1. The number of fused-ring (bicyclic) bond motifs is 5. The highest BCUT2D eigenvalue weighted by atomic mass is 16.5. The molecule has 0 aromatic carbocycles. The highest BCUT2D eigenvalue weighted by Gasteiger charge is 2.65. The van der Waals surface area contributed by atoms with Gasteiger partial charge in [0.05, 0.1) is 39.3 Å². The smallest absolute Gasteiger partial charge is 0.246 e. The zero-order valence-electron chi connectivity index (χ0n) is 22.8. The van der Waals surface area contributed by atoms with Crippen molar-refractivity contribution in [2.45, 2.75) is 88.9 Å². The average molecular weight is 503 g/mol. The van der Waals surface area contributed by atoms with Crippen LogP contribution in [-0.4, -0.2) is 81.3 Å². The van der Waals surface area contributed by atoms with Crippen LogP contribution >= 0.6 is 0 Å². The summed E-state index contributed by atoms with van der Waals surface area (Å²) in [5, 5.41) is 5.64.